The highest BCUT2D eigenvalue weighted by Gasteiger charge is 2.16. The summed E-state index contributed by atoms with van der Waals surface area (Å²) >= 11 is 0. The van der Waals surface area contributed by atoms with Gasteiger partial charge in [-0.25, -0.2) is 0 Å². The highest BCUT2D eigenvalue weighted by atomic mass is 16.1. The van der Waals surface area contributed by atoms with Gasteiger partial charge in [-0.15, -0.1) is 0 Å². The maximum absolute atomic E-state index is 12.5. The Balaban J connectivity index is 1.24. The Morgan fingerprint density at radius 3 is 1.22 bits per heavy atom. The highest BCUT2D eigenvalue weighted by molar-refractivity contribution is 5.98. The first-order valence-electron chi connectivity index (χ1n) is 12.4. The molecular weight excluding hydrogens is 396 g/mol. The first-order chi connectivity index (χ1) is 15.7. The van der Waals surface area contributed by atoms with Gasteiger partial charge in [-0.1, -0.05) is 61.4 Å². The van der Waals surface area contributed by atoms with Crippen LogP contribution in [0.25, 0.3) is 0 Å². The van der Waals surface area contributed by atoms with Crippen LogP contribution in [-0.2, 0) is 12.8 Å². The zero-order chi connectivity index (χ0) is 22.2. The molecule has 0 amide bonds. The van der Waals surface area contributed by atoms with Crippen LogP contribution in [0.1, 0.15) is 70.4 Å². The minimum atomic E-state index is 0.225. The van der Waals surface area contributed by atoms with Crippen molar-refractivity contribution in [2.24, 2.45) is 0 Å². The van der Waals surface area contributed by atoms with E-state index in [2.05, 4.69) is 34.1 Å². The van der Waals surface area contributed by atoms with Crippen molar-refractivity contribution in [2.45, 2.75) is 51.4 Å². The average molecular weight is 433 g/mol. The summed E-state index contributed by atoms with van der Waals surface area (Å²) in [6.45, 7) is 5.28. The lowest BCUT2D eigenvalue weighted by Crippen LogP contribution is -2.34. The Bertz CT molecular complexity index is 801. The molecule has 2 aliphatic heterocycles. The standard InChI is InChI=1S/C28H36N2O2/c31-27(21-29-17-3-1-4-18-29)25-13-9-23(10-14-25)7-8-24-11-15-26(16-12-24)28(32)22-30-19-5-2-6-20-30/h9-16H,1-8,17-22H2. The number of carbonyl (C=O) groups is 2. The number of ketones is 2. The fraction of sp³-hybridized carbons (Fsp3) is 0.500. The first kappa shape index (κ1) is 22.9. The van der Waals surface area contributed by atoms with Crippen molar-refractivity contribution < 1.29 is 9.59 Å². The zero-order valence-electron chi connectivity index (χ0n) is 19.2. The van der Waals surface area contributed by atoms with Gasteiger partial charge in [-0.3, -0.25) is 19.4 Å². The molecule has 0 aliphatic carbocycles. The molecule has 0 bridgehead atoms. The van der Waals surface area contributed by atoms with Gasteiger partial charge >= 0.3 is 0 Å². The molecule has 2 saturated heterocycles. The summed E-state index contributed by atoms with van der Waals surface area (Å²) in [5, 5.41) is 0. The molecule has 2 fully saturated rings. The quantitative estimate of drug-likeness (QED) is 0.533. The zero-order valence-corrected chi connectivity index (χ0v) is 19.2. The monoisotopic (exact) mass is 432 g/mol. The number of hydrogen-bond acceptors (Lipinski definition) is 4. The van der Waals surface area contributed by atoms with Gasteiger partial charge in [0.2, 0.25) is 0 Å². The third-order valence-electron chi connectivity index (χ3n) is 6.89. The number of hydrogen-bond donors (Lipinski definition) is 0. The molecule has 4 nitrogen and oxygen atoms in total. The van der Waals surface area contributed by atoms with Crippen LogP contribution < -0.4 is 0 Å². The van der Waals surface area contributed by atoms with E-state index in [1.807, 2.05) is 24.3 Å². The topological polar surface area (TPSA) is 40.6 Å². The third kappa shape index (κ3) is 6.60. The Morgan fingerprint density at radius 2 is 0.875 bits per heavy atom. The Morgan fingerprint density at radius 1 is 0.531 bits per heavy atom. The second kappa shape index (κ2) is 11.5. The van der Waals surface area contributed by atoms with Crippen LogP contribution >= 0.6 is 0 Å². The number of nitrogens with zero attached hydrogens (tertiary/aromatic N) is 2. The summed E-state index contributed by atoms with van der Waals surface area (Å²) in [5.41, 5.74) is 4.11. The van der Waals surface area contributed by atoms with Crippen molar-refractivity contribution in [3.8, 4) is 0 Å². The van der Waals surface area contributed by atoms with Gasteiger partial charge < -0.3 is 0 Å². The van der Waals surface area contributed by atoms with Gasteiger partial charge in [-0.2, -0.15) is 0 Å². The fourth-order valence-electron chi connectivity index (χ4n) is 4.83. The van der Waals surface area contributed by atoms with E-state index in [0.29, 0.717) is 13.1 Å². The molecule has 2 aromatic rings. The molecule has 0 aromatic heterocycles. The number of aryl methyl sites for hydroxylation is 2. The fourth-order valence-corrected chi connectivity index (χ4v) is 4.83. The molecule has 2 heterocycles. The summed E-state index contributed by atoms with van der Waals surface area (Å²) in [4.78, 5) is 29.6. The van der Waals surface area contributed by atoms with E-state index in [9.17, 15) is 9.59 Å². The number of carbonyl (C=O) groups excluding carboxylic acids is 2. The van der Waals surface area contributed by atoms with Gasteiger partial charge in [0.1, 0.15) is 0 Å². The average Bonchev–Trinajstić information content (AvgIpc) is 2.84. The summed E-state index contributed by atoms with van der Waals surface area (Å²) in [5.74, 6) is 0.450. The molecule has 0 saturated carbocycles. The van der Waals surface area contributed by atoms with E-state index in [1.165, 1.54) is 49.7 Å². The van der Waals surface area contributed by atoms with Gasteiger partial charge in [0.15, 0.2) is 11.6 Å². The van der Waals surface area contributed by atoms with Gasteiger partial charge in [0.05, 0.1) is 13.1 Å². The Labute approximate surface area is 192 Å². The van der Waals surface area contributed by atoms with Crippen LogP contribution in [0.5, 0.6) is 0 Å². The van der Waals surface area contributed by atoms with Crippen LogP contribution in [0.3, 0.4) is 0 Å². The molecule has 0 radical (unpaired) electrons. The van der Waals surface area contributed by atoms with Gasteiger partial charge in [0.25, 0.3) is 0 Å². The molecule has 170 valence electrons. The third-order valence-corrected chi connectivity index (χ3v) is 6.89. The smallest absolute Gasteiger partial charge is 0.176 e. The van der Waals surface area contributed by atoms with Crippen LogP contribution in [-0.4, -0.2) is 60.6 Å². The second-order valence-corrected chi connectivity index (χ2v) is 9.41. The predicted molar refractivity (Wildman–Crippen MR) is 130 cm³/mol. The van der Waals surface area contributed by atoms with Crippen molar-refractivity contribution in [3.05, 3.63) is 70.8 Å². The molecule has 0 atom stereocenters. The number of benzene rings is 2. The Kier molecular flexibility index (Phi) is 8.24. The highest BCUT2D eigenvalue weighted by Crippen LogP contribution is 2.14. The normalized spacial score (nSPS) is 17.9. The summed E-state index contributed by atoms with van der Waals surface area (Å²) < 4.78 is 0. The van der Waals surface area contributed by atoms with Crippen LogP contribution in [0.2, 0.25) is 0 Å². The van der Waals surface area contributed by atoms with Crippen molar-refractivity contribution in [3.63, 3.8) is 0 Å². The van der Waals surface area contributed by atoms with E-state index in [0.717, 1.165) is 50.1 Å². The number of rotatable bonds is 9. The minimum Gasteiger partial charge on any atom is -0.296 e. The lowest BCUT2D eigenvalue weighted by atomic mass is 10.00. The van der Waals surface area contributed by atoms with E-state index in [1.54, 1.807) is 0 Å². The predicted octanol–water partition coefficient (Wildman–Crippen LogP) is 4.81. The summed E-state index contributed by atoms with van der Waals surface area (Å²) in [7, 11) is 0. The maximum atomic E-state index is 12.5. The van der Waals surface area contributed by atoms with Crippen molar-refractivity contribution in [1.82, 2.24) is 9.80 Å². The summed E-state index contributed by atoms with van der Waals surface area (Å²) in [6.07, 6.45) is 9.27. The minimum absolute atomic E-state index is 0.225. The van der Waals surface area contributed by atoms with E-state index >= 15 is 0 Å². The molecule has 0 unspecified atom stereocenters. The van der Waals surface area contributed by atoms with E-state index in [4.69, 9.17) is 0 Å². The SMILES string of the molecule is O=C(CN1CCCCC1)c1ccc(CCc2ccc(C(=O)CN3CCCCC3)cc2)cc1. The second-order valence-electron chi connectivity index (χ2n) is 9.41. The van der Waals surface area contributed by atoms with Crippen molar-refractivity contribution in [1.29, 1.82) is 0 Å². The number of Topliss-reactive ketones (excluding diaryl/α,β-unsaturated/α-hetero) is 2. The number of piperidine rings is 2. The van der Waals surface area contributed by atoms with Gasteiger partial charge in [-0.05, 0) is 75.8 Å². The molecule has 2 aliphatic rings. The molecular formula is C28H36N2O2. The van der Waals surface area contributed by atoms with Crippen molar-refractivity contribution >= 4 is 11.6 Å². The molecule has 4 heteroatoms. The summed E-state index contributed by atoms with van der Waals surface area (Å²) in [6, 6.07) is 16.2. The molecule has 32 heavy (non-hydrogen) atoms. The number of likely N-dealkylation sites (tertiary alicyclic amines) is 2. The molecule has 0 spiro atoms. The molecule has 2 aromatic carbocycles. The molecule has 4 rings (SSSR count). The van der Waals surface area contributed by atoms with Crippen molar-refractivity contribution in [2.75, 3.05) is 39.3 Å². The largest absolute Gasteiger partial charge is 0.296 e. The van der Waals surface area contributed by atoms with Crippen LogP contribution in [0.4, 0.5) is 0 Å². The first-order valence-corrected chi connectivity index (χ1v) is 12.4. The van der Waals surface area contributed by atoms with E-state index < -0.39 is 0 Å². The lowest BCUT2D eigenvalue weighted by molar-refractivity contribution is 0.0908. The van der Waals surface area contributed by atoms with E-state index in [-0.39, 0.29) is 11.6 Å². The van der Waals surface area contributed by atoms with Crippen LogP contribution in [0, 0.1) is 0 Å². The molecule has 0 N–H and O–H groups in total. The van der Waals surface area contributed by atoms with Crippen LogP contribution in [0.15, 0.2) is 48.5 Å². The Hall–Kier alpha value is -2.30. The maximum Gasteiger partial charge on any atom is 0.176 e. The lowest BCUT2D eigenvalue weighted by Gasteiger charge is -2.25. The van der Waals surface area contributed by atoms with Gasteiger partial charge in [0, 0.05) is 11.1 Å².